The van der Waals surface area contributed by atoms with Crippen LogP contribution in [0.2, 0.25) is 0 Å². The van der Waals surface area contributed by atoms with Gasteiger partial charge in [0.2, 0.25) is 5.91 Å². The normalized spacial score (nSPS) is 28.9. The van der Waals surface area contributed by atoms with Crippen molar-refractivity contribution in [2.75, 3.05) is 13.1 Å². The Bertz CT molecular complexity index is 602. The minimum absolute atomic E-state index is 0. The van der Waals surface area contributed by atoms with Gasteiger partial charge in [-0.2, -0.15) is 11.3 Å². The number of thiophene rings is 1. The van der Waals surface area contributed by atoms with Gasteiger partial charge in [0.05, 0.1) is 6.04 Å². The molecule has 2 amide bonds. The van der Waals surface area contributed by atoms with Crippen LogP contribution in [-0.2, 0) is 4.79 Å². The zero-order valence-electron chi connectivity index (χ0n) is 15.0. The Labute approximate surface area is 165 Å². The van der Waals surface area contributed by atoms with Gasteiger partial charge in [0.25, 0.3) is 5.91 Å². The Morgan fingerprint density at radius 2 is 1.92 bits per heavy atom. The first-order chi connectivity index (χ1) is 12.2. The van der Waals surface area contributed by atoms with Gasteiger partial charge in [-0.1, -0.05) is 12.8 Å². The van der Waals surface area contributed by atoms with Gasteiger partial charge in [0.1, 0.15) is 0 Å². The molecule has 2 aliphatic heterocycles. The van der Waals surface area contributed by atoms with Crippen LogP contribution in [0, 0.1) is 5.92 Å². The van der Waals surface area contributed by atoms with Gasteiger partial charge in [0, 0.05) is 36.1 Å². The summed E-state index contributed by atoms with van der Waals surface area (Å²) in [5.74, 6) is 0.981. The molecule has 7 heteroatoms. The zero-order valence-corrected chi connectivity index (χ0v) is 16.6. The van der Waals surface area contributed by atoms with Gasteiger partial charge in [0.15, 0.2) is 0 Å². The first kappa shape index (κ1) is 19.6. The molecule has 3 unspecified atom stereocenters. The number of hydrogen-bond acceptors (Lipinski definition) is 4. The Morgan fingerprint density at radius 3 is 2.62 bits per heavy atom. The highest BCUT2D eigenvalue weighted by molar-refractivity contribution is 7.08. The van der Waals surface area contributed by atoms with Gasteiger partial charge < -0.3 is 15.5 Å². The minimum atomic E-state index is 0. The molecule has 2 N–H and O–H groups in total. The molecule has 0 bridgehead atoms. The third-order valence-corrected chi connectivity index (χ3v) is 6.77. The Balaban J connectivity index is 0.00000196. The van der Waals surface area contributed by atoms with E-state index in [9.17, 15) is 9.59 Å². The number of amides is 2. The molecule has 3 heterocycles. The highest BCUT2D eigenvalue weighted by Crippen LogP contribution is 2.33. The summed E-state index contributed by atoms with van der Waals surface area (Å²) >= 11 is 1.54. The lowest BCUT2D eigenvalue weighted by molar-refractivity contribution is -0.134. The molecule has 26 heavy (non-hydrogen) atoms. The summed E-state index contributed by atoms with van der Waals surface area (Å²) in [6, 6.07) is 2.61. The van der Waals surface area contributed by atoms with E-state index >= 15 is 0 Å². The van der Waals surface area contributed by atoms with Crippen LogP contribution < -0.4 is 10.6 Å². The predicted molar refractivity (Wildman–Crippen MR) is 106 cm³/mol. The van der Waals surface area contributed by atoms with Crippen LogP contribution in [-0.4, -0.2) is 47.9 Å². The van der Waals surface area contributed by atoms with E-state index in [1.807, 2.05) is 21.7 Å². The zero-order chi connectivity index (χ0) is 17.2. The molecule has 2 saturated heterocycles. The highest BCUT2D eigenvalue weighted by atomic mass is 35.5. The standard InChI is InChI=1S/C19H27N3O2S.ClH/c23-18(14-7-10-25-12-14)20-15-5-8-22(9-6-15)19(24)17-11-13-3-1-2-4-16(13)21-17;/h7,10,12-13,15-17,21H,1-6,8-9,11H2,(H,20,23);1H. The molecule has 1 saturated carbocycles. The van der Waals surface area contributed by atoms with E-state index in [-0.39, 0.29) is 36.3 Å². The Hall–Kier alpha value is -1.11. The number of piperidine rings is 1. The van der Waals surface area contributed by atoms with Crippen LogP contribution in [0.1, 0.15) is 55.3 Å². The molecule has 5 nitrogen and oxygen atoms in total. The van der Waals surface area contributed by atoms with Crippen molar-refractivity contribution in [3.8, 4) is 0 Å². The molecule has 4 rings (SSSR count). The highest BCUT2D eigenvalue weighted by Gasteiger charge is 2.40. The van der Waals surface area contributed by atoms with E-state index in [2.05, 4.69) is 10.6 Å². The monoisotopic (exact) mass is 397 g/mol. The van der Waals surface area contributed by atoms with Crippen LogP contribution >= 0.6 is 23.7 Å². The van der Waals surface area contributed by atoms with Crippen molar-refractivity contribution < 1.29 is 9.59 Å². The molecule has 1 aliphatic carbocycles. The molecule has 1 aromatic rings. The number of halogens is 1. The maximum atomic E-state index is 12.8. The van der Waals surface area contributed by atoms with Crippen molar-refractivity contribution in [2.45, 2.75) is 63.1 Å². The second-order valence-corrected chi connectivity index (χ2v) is 8.47. The number of carbonyl (C=O) groups is 2. The largest absolute Gasteiger partial charge is 0.349 e. The SMILES string of the molecule is Cl.O=C(NC1CCN(C(=O)C2CC3CCCCC3N2)CC1)c1ccsc1. The average Bonchev–Trinajstić information content (AvgIpc) is 3.31. The molecule has 3 aliphatic rings. The molecule has 1 aromatic heterocycles. The van der Waals surface area contributed by atoms with E-state index in [1.54, 1.807) is 0 Å². The molecule has 0 spiro atoms. The average molecular weight is 398 g/mol. The number of nitrogens with zero attached hydrogens (tertiary/aromatic N) is 1. The van der Waals surface area contributed by atoms with E-state index in [0.29, 0.717) is 12.0 Å². The van der Waals surface area contributed by atoms with Crippen molar-refractivity contribution in [1.29, 1.82) is 0 Å². The van der Waals surface area contributed by atoms with Crippen molar-refractivity contribution in [3.05, 3.63) is 22.4 Å². The van der Waals surface area contributed by atoms with Crippen molar-refractivity contribution >= 4 is 35.6 Å². The summed E-state index contributed by atoms with van der Waals surface area (Å²) in [7, 11) is 0. The van der Waals surface area contributed by atoms with E-state index in [0.717, 1.165) is 37.9 Å². The van der Waals surface area contributed by atoms with E-state index in [4.69, 9.17) is 0 Å². The fourth-order valence-electron chi connectivity index (χ4n) is 4.64. The van der Waals surface area contributed by atoms with Gasteiger partial charge in [-0.05, 0) is 49.5 Å². The fourth-order valence-corrected chi connectivity index (χ4v) is 5.27. The van der Waals surface area contributed by atoms with Crippen molar-refractivity contribution in [2.24, 2.45) is 5.92 Å². The molecular formula is C19H28ClN3O2S. The van der Waals surface area contributed by atoms with Gasteiger partial charge in [-0.3, -0.25) is 9.59 Å². The number of nitrogens with one attached hydrogen (secondary N) is 2. The van der Waals surface area contributed by atoms with Gasteiger partial charge in [-0.25, -0.2) is 0 Å². The molecule has 0 radical (unpaired) electrons. The third kappa shape index (κ3) is 4.24. The van der Waals surface area contributed by atoms with Crippen LogP contribution in [0.25, 0.3) is 0 Å². The summed E-state index contributed by atoms with van der Waals surface area (Å²) in [6.07, 6.45) is 7.83. The van der Waals surface area contributed by atoms with Gasteiger partial charge in [-0.15, -0.1) is 12.4 Å². The first-order valence-electron chi connectivity index (χ1n) is 9.58. The number of fused-ring (bicyclic) bond motifs is 1. The fraction of sp³-hybridized carbons (Fsp3) is 0.684. The number of carbonyl (C=O) groups excluding carboxylic acids is 2. The summed E-state index contributed by atoms with van der Waals surface area (Å²) < 4.78 is 0. The lowest BCUT2D eigenvalue weighted by Gasteiger charge is -2.34. The summed E-state index contributed by atoms with van der Waals surface area (Å²) in [5, 5.41) is 10.5. The summed E-state index contributed by atoms with van der Waals surface area (Å²) in [6.45, 7) is 1.50. The van der Waals surface area contributed by atoms with Crippen molar-refractivity contribution in [1.82, 2.24) is 15.5 Å². The van der Waals surface area contributed by atoms with E-state index in [1.165, 1.54) is 37.0 Å². The number of rotatable bonds is 3. The third-order valence-electron chi connectivity index (χ3n) is 6.09. The first-order valence-corrected chi connectivity index (χ1v) is 10.5. The number of likely N-dealkylation sites (tertiary alicyclic amines) is 1. The minimum Gasteiger partial charge on any atom is -0.349 e. The second-order valence-electron chi connectivity index (χ2n) is 7.69. The maximum Gasteiger partial charge on any atom is 0.252 e. The molecule has 144 valence electrons. The lowest BCUT2D eigenvalue weighted by atomic mass is 9.85. The molecular weight excluding hydrogens is 370 g/mol. The second kappa shape index (κ2) is 8.72. The quantitative estimate of drug-likeness (QED) is 0.824. The van der Waals surface area contributed by atoms with Crippen LogP contribution in [0.4, 0.5) is 0 Å². The van der Waals surface area contributed by atoms with Crippen molar-refractivity contribution in [3.63, 3.8) is 0 Å². The Morgan fingerprint density at radius 1 is 1.15 bits per heavy atom. The maximum absolute atomic E-state index is 12.8. The van der Waals surface area contributed by atoms with Crippen LogP contribution in [0.5, 0.6) is 0 Å². The molecule has 3 atom stereocenters. The smallest absolute Gasteiger partial charge is 0.252 e. The molecule has 3 fully saturated rings. The number of hydrogen-bond donors (Lipinski definition) is 2. The summed E-state index contributed by atoms with van der Waals surface area (Å²) in [4.78, 5) is 27.0. The van der Waals surface area contributed by atoms with E-state index < -0.39 is 0 Å². The van der Waals surface area contributed by atoms with Crippen LogP contribution in [0.3, 0.4) is 0 Å². The van der Waals surface area contributed by atoms with Crippen LogP contribution in [0.15, 0.2) is 16.8 Å². The summed E-state index contributed by atoms with van der Waals surface area (Å²) in [5.41, 5.74) is 0.737. The molecule has 0 aromatic carbocycles. The Kier molecular flexibility index (Phi) is 6.59. The topological polar surface area (TPSA) is 61.4 Å². The predicted octanol–water partition coefficient (Wildman–Crippen LogP) is 2.81. The van der Waals surface area contributed by atoms with Gasteiger partial charge >= 0.3 is 0 Å². The lowest BCUT2D eigenvalue weighted by Crippen LogP contribution is -2.51.